The molecule has 15 heavy (non-hydrogen) atoms. The first-order valence-electron chi connectivity index (χ1n) is 5.47. The summed E-state index contributed by atoms with van der Waals surface area (Å²) in [6.07, 6.45) is 2.99. The van der Waals surface area contributed by atoms with Gasteiger partial charge in [0, 0.05) is 6.04 Å². The highest BCUT2D eigenvalue weighted by Crippen LogP contribution is 2.16. The van der Waals surface area contributed by atoms with Crippen molar-refractivity contribution in [3.8, 4) is 0 Å². The van der Waals surface area contributed by atoms with Gasteiger partial charge in [-0.05, 0) is 26.7 Å². The van der Waals surface area contributed by atoms with Crippen molar-refractivity contribution in [2.24, 2.45) is 11.1 Å². The molecule has 0 radical (unpaired) electrons. The van der Waals surface area contributed by atoms with Gasteiger partial charge in [0.15, 0.2) is 0 Å². The van der Waals surface area contributed by atoms with Gasteiger partial charge < -0.3 is 11.1 Å². The second-order valence-corrected chi connectivity index (χ2v) is 4.80. The van der Waals surface area contributed by atoms with Gasteiger partial charge in [0.05, 0.1) is 10.4 Å². The molecule has 0 spiro atoms. The number of rotatable bonds is 6. The summed E-state index contributed by atoms with van der Waals surface area (Å²) in [5, 5.41) is 2.98. The van der Waals surface area contributed by atoms with Gasteiger partial charge in [0.25, 0.3) is 0 Å². The Labute approximate surface area is 97.8 Å². The minimum absolute atomic E-state index is 0.0738. The van der Waals surface area contributed by atoms with E-state index >= 15 is 0 Å². The van der Waals surface area contributed by atoms with Crippen LogP contribution in [0.25, 0.3) is 0 Å². The number of hydrogen-bond donors (Lipinski definition) is 2. The third-order valence-electron chi connectivity index (χ3n) is 2.65. The molecule has 0 aliphatic heterocycles. The summed E-state index contributed by atoms with van der Waals surface area (Å²) in [6.45, 7) is 7.68. The zero-order valence-electron chi connectivity index (χ0n) is 10.1. The Morgan fingerprint density at radius 2 is 2.00 bits per heavy atom. The van der Waals surface area contributed by atoms with Crippen molar-refractivity contribution in [3.63, 3.8) is 0 Å². The summed E-state index contributed by atoms with van der Waals surface area (Å²) in [5.41, 5.74) is 4.78. The molecular formula is C11H22N2OS. The van der Waals surface area contributed by atoms with Crippen molar-refractivity contribution in [1.82, 2.24) is 5.32 Å². The minimum atomic E-state index is -0.753. The molecule has 0 aromatic rings. The lowest BCUT2D eigenvalue weighted by Gasteiger charge is -2.25. The van der Waals surface area contributed by atoms with E-state index in [1.807, 2.05) is 0 Å². The molecular weight excluding hydrogens is 208 g/mol. The molecule has 0 rings (SSSR count). The van der Waals surface area contributed by atoms with Gasteiger partial charge in [-0.1, -0.05) is 32.5 Å². The summed E-state index contributed by atoms with van der Waals surface area (Å²) in [7, 11) is 0. The third kappa shape index (κ3) is 4.16. The van der Waals surface area contributed by atoms with Crippen LogP contribution in [0.4, 0.5) is 0 Å². The highest BCUT2D eigenvalue weighted by atomic mass is 32.1. The first-order valence-corrected chi connectivity index (χ1v) is 5.87. The van der Waals surface area contributed by atoms with E-state index in [0.717, 1.165) is 19.3 Å². The van der Waals surface area contributed by atoms with Crippen molar-refractivity contribution in [2.75, 3.05) is 0 Å². The molecule has 4 heteroatoms. The summed E-state index contributed by atoms with van der Waals surface area (Å²) in [5.74, 6) is -0.0738. The molecule has 0 aromatic carbocycles. The van der Waals surface area contributed by atoms with E-state index in [2.05, 4.69) is 19.2 Å². The van der Waals surface area contributed by atoms with Crippen LogP contribution < -0.4 is 11.1 Å². The Bertz CT molecular complexity index is 239. The fraction of sp³-hybridized carbons (Fsp3) is 0.818. The largest absolute Gasteiger partial charge is 0.392 e. The quantitative estimate of drug-likeness (QED) is 0.686. The highest BCUT2D eigenvalue weighted by molar-refractivity contribution is 7.80. The molecule has 0 aromatic heterocycles. The number of nitrogens with two attached hydrogens (primary N) is 1. The van der Waals surface area contributed by atoms with Gasteiger partial charge in [0.1, 0.15) is 0 Å². The topological polar surface area (TPSA) is 55.1 Å². The Morgan fingerprint density at radius 1 is 1.47 bits per heavy atom. The lowest BCUT2D eigenvalue weighted by molar-refractivity contribution is -0.127. The number of nitrogens with one attached hydrogen (secondary N) is 1. The van der Waals surface area contributed by atoms with Crippen LogP contribution in [0, 0.1) is 5.41 Å². The molecule has 3 nitrogen and oxygen atoms in total. The van der Waals surface area contributed by atoms with E-state index in [1.165, 1.54) is 0 Å². The van der Waals surface area contributed by atoms with Crippen LogP contribution >= 0.6 is 12.2 Å². The Morgan fingerprint density at radius 3 is 2.33 bits per heavy atom. The Kier molecular flexibility index (Phi) is 5.80. The third-order valence-corrected chi connectivity index (χ3v) is 3.16. The van der Waals surface area contributed by atoms with Gasteiger partial charge in [-0.25, -0.2) is 0 Å². The fourth-order valence-electron chi connectivity index (χ4n) is 1.20. The molecule has 0 heterocycles. The standard InChI is InChI=1S/C11H22N2OS/c1-5-7-8(6-2)13-10(14)11(3,4)9(12)15/h8H,5-7H2,1-4H3,(H2,12,15)(H,13,14). The van der Waals surface area contributed by atoms with Crippen molar-refractivity contribution in [2.45, 2.75) is 53.0 Å². The van der Waals surface area contributed by atoms with Crippen molar-refractivity contribution in [1.29, 1.82) is 0 Å². The van der Waals surface area contributed by atoms with Crippen LogP contribution in [0.3, 0.4) is 0 Å². The fourth-order valence-corrected chi connectivity index (χ4v) is 1.30. The maximum atomic E-state index is 11.9. The lowest BCUT2D eigenvalue weighted by atomic mass is 9.91. The van der Waals surface area contributed by atoms with E-state index in [1.54, 1.807) is 13.8 Å². The number of carbonyl (C=O) groups excluding carboxylic acids is 1. The van der Waals surface area contributed by atoms with Gasteiger partial charge in [-0.15, -0.1) is 0 Å². The van der Waals surface area contributed by atoms with Crippen molar-refractivity contribution in [3.05, 3.63) is 0 Å². The molecule has 88 valence electrons. The van der Waals surface area contributed by atoms with Crippen molar-refractivity contribution < 1.29 is 4.79 Å². The SMILES string of the molecule is CCCC(CC)NC(=O)C(C)(C)C(N)=S. The second-order valence-electron chi connectivity index (χ2n) is 4.36. The molecule has 0 bridgehead atoms. The highest BCUT2D eigenvalue weighted by Gasteiger charge is 2.31. The average Bonchev–Trinajstić information content (AvgIpc) is 2.16. The summed E-state index contributed by atoms with van der Waals surface area (Å²) < 4.78 is 0. The van der Waals surface area contributed by atoms with Crippen LogP contribution in [0.5, 0.6) is 0 Å². The number of amides is 1. The summed E-state index contributed by atoms with van der Waals surface area (Å²) in [4.78, 5) is 12.1. The monoisotopic (exact) mass is 230 g/mol. The van der Waals surface area contributed by atoms with Gasteiger partial charge in [-0.2, -0.15) is 0 Å². The molecule has 3 N–H and O–H groups in total. The summed E-state index contributed by atoms with van der Waals surface area (Å²) >= 11 is 4.88. The molecule has 0 aliphatic rings. The van der Waals surface area contributed by atoms with E-state index < -0.39 is 5.41 Å². The van der Waals surface area contributed by atoms with E-state index in [0.29, 0.717) is 0 Å². The predicted octanol–water partition coefficient (Wildman–Crippen LogP) is 1.99. The summed E-state index contributed by atoms with van der Waals surface area (Å²) in [6, 6.07) is 0.233. The van der Waals surface area contributed by atoms with Crippen molar-refractivity contribution >= 4 is 23.1 Å². The van der Waals surface area contributed by atoms with Crippen LogP contribution in [0.2, 0.25) is 0 Å². The molecule has 0 saturated carbocycles. The zero-order chi connectivity index (χ0) is 12.1. The van der Waals surface area contributed by atoms with E-state index in [-0.39, 0.29) is 16.9 Å². The van der Waals surface area contributed by atoms with Crippen LogP contribution in [0.1, 0.15) is 47.0 Å². The maximum Gasteiger partial charge on any atom is 0.232 e. The molecule has 0 saturated heterocycles. The molecule has 0 fully saturated rings. The molecule has 1 amide bonds. The maximum absolute atomic E-state index is 11.9. The Hall–Kier alpha value is -0.640. The normalized spacial score (nSPS) is 13.3. The molecule has 1 unspecified atom stereocenters. The second kappa shape index (κ2) is 6.05. The number of carbonyl (C=O) groups is 1. The Balaban J connectivity index is 4.40. The predicted molar refractivity (Wildman–Crippen MR) is 67.7 cm³/mol. The number of thiocarbonyl (C=S) groups is 1. The van der Waals surface area contributed by atoms with Crippen LogP contribution in [-0.2, 0) is 4.79 Å². The van der Waals surface area contributed by atoms with E-state index in [9.17, 15) is 4.79 Å². The van der Waals surface area contributed by atoms with Gasteiger partial charge in [0.2, 0.25) is 5.91 Å². The van der Waals surface area contributed by atoms with Crippen LogP contribution in [-0.4, -0.2) is 16.9 Å². The smallest absolute Gasteiger partial charge is 0.232 e. The zero-order valence-corrected chi connectivity index (χ0v) is 10.9. The van der Waals surface area contributed by atoms with Gasteiger partial charge >= 0.3 is 0 Å². The lowest BCUT2D eigenvalue weighted by Crippen LogP contribution is -2.48. The van der Waals surface area contributed by atoms with E-state index in [4.69, 9.17) is 18.0 Å². The average molecular weight is 230 g/mol. The van der Waals surface area contributed by atoms with Crippen LogP contribution in [0.15, 0.2) is 0 Å². The number of hydrogen-bond acceptors (Lipinski definition) is 2. The first-order chi connectivity index (χ1) is 6.86. The first kappa shape index (κ1) is 14.4. The molecule has 0 aliphatic carbocycles. The minimum Gasteiger partial charge on any atom is -0.392 e. The van der Waals surface area contributed by atoms with Gasteiger partial charge in [-0.3, -0.25) is 4.79 Å². The molecule has 1 atom stereocenters.